The first kappa shape index (κ1) is 13.4. The summed E-state index contributed by atoms with van der Waals surface area (Å²) in [5.41, 5.74) is 6.85. The molecule has 0 bridgehead atoms. The lowest BCUT2D eigenvalue weighted by Crippen LogP contribution is -2.50. The molecule has 0 saturated heterocycles. The van der Waals surface area contributed by atoms with E-state index < -0.39 is 0 Å². The van der Waals surface area contributed by atoms with Crippen LogP contribution in [0.4, 0.5) is 0 Å². The van der Waals surface area contributed by atoms with E-state index in [1.807, 2.05) is 31.2 Å². The molecule has 0 radical (unpaired) electrons. The summed E-state index contributed by atoms with van der Waals surface area (Å²) in [7, 11) is 0. The van der Waals surface area contributed by atoms with E-state index in [0.717, 1.165) is 24.8 Å². The van der Waals surface area contributed by atoms with Crippen molar-refractivity contribution in [3.8, 4) is 0 Å². The number of benzene rings is 1. The summed E-state index contributed by atoms with van der Waals surface area (Å²) >= 11 is 5.83. The van der Waals surface area contributed by atoms with Crippen molar-refractivity contribution in [1.29, 1.82) is 0 Å². The van der Waals surface area contributed by atoms with E-state index in [1.54, 1.807) is 0 Å². The molecule has 1 fully saturated rings. The number of hydrogen-bond acceptors (Lipinski definition) is 2. The summed E-state index contributed by atoms with van der Waals surface area (Å²) < 4.78 is 0. The fourth-order valence-electron chi connectivity index (χ4n) is 2.25. The molecule has 1 aromatic carbocycles. The number of carbonyl (C=O) groups is 1. The van der Waals surface area contributed by atoms with E-state index in [4.69, 9.17) is 17.3 Å². The maximum absolute atomic E-state index is 11.9. The lowest BCUT2D eigenvalue weighted by atomic mass is 9.75. The van der Waals surface area contributed by atoms with E-state index in [9.17, 15) is 4.79 Å². The Balaban J connectivity index is 1.88. The molecule has 0 spiro atoms. The van der Waals surface area contributed by atoms with Crippen molar-refractivity contribution in [2.75, 3.05) is 0 Å². The summed E-state index contributed by atoms with van der Waals surface area (Å²) in [6, 6.07) is 7.49. The Labute approximate surface area is 113 Å². The Morgan fingerprint density at radius 3 is 2.56 bits per heavy atom. The van der Waals surface area contributed by atoms with E-state index >= 15 is 0 Å². The molecule has 1 aliphatic rings. The third-order valence-corrected chi connectivity index (χ3v) is 3.86. The largest absolute Gasteiger partial charge is 0.350 e. The molecular weight excluding hydrogens is 248 g/mol. The normalized spacial score (nSPS) is 18.8. The predicted molar refractivity (Wildman–Crippen MR) is 73.4 cm³/mol. The number of halogens is 1. The third kappa shape index (κ3) is 3.24. The average Bonchev–Trinajstić information content (AvgIpc) is 2.27. The number of carbonyl (C=O) groups excluding carboxylic acids is 1. The monoisotopic (exact) mass is 266 g/mol. The smallest absolute Gasteiger partial charge is 0.222 e. The van der Waals surface area contributed by atoms with E-state index in [1.165, 1.54) is 0 Å². The molecule has 0 aromatic heterocycles. The standard InChI is InChI=1S/C14H19ClN2O/c1-10(11-3-5-12(15)6-4-11)17-13(18)9-14(16)7-2-8-14/h3-6,10H,2,7-9,16H2,1H3,(H,17,18)/t10-/m0/s1. The van der Waals surface area contributed by atoms with Gasteiger partial charge in [0.25, 0.3) is 0 Å². The second kappa shape index (κ2) is 5.29. The Bertz CT molecular complexity index is 426. The third-order valence-electron chi connectivity index (χ3n) is 3.61. The molecule has 1 saturated carbocycles. The number of nitrogens with one attached hydrogen (secondary N) is 1. The molecule has 1 amide bonds. The second-order valence-corrected chi connectivity index (χ2v) is 5.67. The molecule has 4 heteroatoms. The topological polar surface area (TPSA) is 55.1 Å². The Hall–Kier alpha value is -1.06. The van der Waals surface area contributed by atoms with Crippen LogP contribution in [0.15, 0.2) is 24.3 Å². The van der Waals surface area contributed by atoms with Gasteiger partial charge < -0.3 is 11.1 Å². The highest BCUT2D eigenvalue weighted by Gasteiger charge is 2.34. The van der Waals surface area contributed by atoms with Crippen LogP contribution in [0.25, 0.3) is 0 Å². The second-order valence-electron chi connectivity index (χ2n) is 5.23. The van der Waals surface area contributed by atoms with E-state index in [0.29, 0.717) is 11.4 Å². The van der Waals surface area contributed by atoms with Crippen molar-refractivity contribution in [1.82, 2.24) is 5.32 Å². The molecule has 98 valence electrons. The van der Waals surface area contributed by atoms with Crippen molar-refractivity contribution in [2.45, 2.75) is 44.2 Å². The van der Waals surface area contributed by atoms with Crippen LogP contribution in [0.2, 0.25) is 5.02 Å². The van der Waals surface area contributed by atoms with Gasteiger partial charge in [0.15, 0.2) is 0 Å². The summed E-state index contributed by atoms with van der Waals surface area (Å²) in [6.45, 7) is 1.96. The summed E-state index contributed by atoms with van der Waals surface area (Å²) in [5, 5.41) is 3.68. The van der Waals surface area contributed by atoms with Crippen molar-refractivity contribution in [3.63, 3.8) is 0 Å². The molecule has 1 aliphatic carbocycles. The van der Waals surface area contributed by atoms with Gasteiger partial charge in [-0.2, -0.15) is 0 Å². The highest BCUT2D eigenvalue weighted by molar-refractivity contribution is 6.30. The lowest BCUT2D eigenvalue weighted by molar-refractivity contribution is -0.123. The van der Waals surface area contributed by atoms with Crippen LogP contribution < -0.4 is 11.1 Å². The van der Waals surface area contributed by atoms with Gasteiger partial charge in [0, 0.05) is 17.0 Å². The quantitative estimate of drug-likeness (QED) is 0.880. The Morgan fingerprint density at radius 1 is 1.44 bits per heavy atom. The van der Waals surface area contributed by atoms with Crippen LogP contribution >= 0.6 is 11.6 Å². The SMILES string of the molecule is C[C@H](NC(=O)CC1(N)CCC1)c1ccc(Cl)cc1. The highest BCUT2D eigenvalue weighted by atomic mass is 35.5. The zero-order chi connectivity index (χ0) is 13.2. The number of amides is 1. The van der Waals surface area contributed by atoms with Gasteiger partial charge in [-0.15, -0.1) is 0 Å². The van der Waals surface area contributed by atoms with Gasteiger partial charge in [0.1, 0.15) is 0 Å². The van der Waals surface area contributed by atoms with Gasteiger partial charge in [-0.25, -0.2) is 0 Å². The van der Waals surface area contributed by atoms with Crippen LogP contribution in [0.1, 0.15) is 44.2 Å². The van der Waals surface area contributed by atoms with Crippen molar-refractivity contribution in [3.05, 3.63) is 34.9 Å². The van der Waals surface area contributed by atoms with Crippen molar-refractivity contribution >= 4 is 17.5 Å². The van der Waals surface area contributed by atoms with Gasteiger partial charge in [-0.3, -0.25) is 4.79 Å². The van der Waals surface area contributed by atoms with Crippen molar-refractivity contribution < 1.29 is 4.79 Å². The minimum Gasteiger partial charge on any atom is -0.350 e. The fraction of sp³-hybridized carbons (Fsp3) is 0.500. The first-order valence-corrected chi connectivity index (χ1v) is 6.70. The molecule has 18 heavy (non-hydrogen) atoms. The molecule has 3 nitrogen and oxygen atoms in total. The van der Waals surface area contributed by atoms with Gasteiger partial charge >= 0.3 is 0 Å². The summed E-state index contributed by atoms with van der Waals surface area (Å²) in [5.74, 6) is 0.0275. The van der Waals surface area contributed by atoms with Crippen LogP contribution in [0.5, 0.6) is 0 Å². The number of rotatable bonds is 4. The molecule has 1 atom stereocenters. The average molecular weight is 267 g/mol. The Kier molecular flexibility index (Phi) is 3.93. The summed E-state index contributed by atoms with van der Waals surface area (Å²) in [6.07, 6.45) is 3.47. The maximum Gasteiger partial charge on any atom is 0.222 e. The number of hydrogen-bond donors (Lipinski definition) is 2. The maximum atomic E-state index is 11.9. The first-order valence-electron chi connectivity index (χ1n) is 6.32. The van der Waals surface area contributed by atoms with Crippen LogP contribution in [0, 0.1) is 0 Å². The van der Waals surface area contributed by atoms with Gasteiger partial charge in [0.2, 0.25) is 5.91 Å². The zero-order valence-electron chi connectivity index (χ0n) is 10.6. The van der Waals surface area contributed by atoms with Gasteiger partial charge in [-0.1, -0.05) is 23.7 Å². The molecule has 2 rings (SSSR count). The minimum atomic E-state index is -0.260. The fourth-order valence-corrected chi connectivity index (χ4v) is 2.38. The molecule has 0 heterocycles. The van der Waals surface area contributed by atoms with Gasteiger partial charge in [-0.05, 0) is 43.9 Å². The van der Waals surface area contributed by atoms with E-state index in [2.05, 4.69) is 5.32 Å². The van der Waals surface area contributed by atoms with Crippen LogP contribution in [-0.2, 0) is 4.79 Å². The molecule has 1 aromatic rings. The van der Waals surface area contributed by atoms with Crippen LogP contribution in [0.3, 0.4) is 0 Å². The zero-order valence-corrected chi connectivity index (χ0v) is 11.3. The van der Waals surface area contributed by atoms with Crippen LogP contribution in [-0.4, -0.2) is 11.4 Å². The Morgan fingerprint density at radius 2 is 2.06 bits per heavy atom. The van der Waals surface area contributed by atoms with E-state index in [-0.39, 0.29) is 17.5 Å². The predicted octanol–water partition coefficient (Wildman–Crippen LogP) is 2.79. The first-order chi connectivity index (χ1) is 8.48. The summed E-state index contributed by atoms with van der Waals surface area (Å²) in [4.78, 5) is 11.9. The highest BCUT2D eigenvalue weighted by Crippen LogP contribution is 2.32. The minimum absolute atomic E-state index is 0.0153. The van der Waals surface area contributed by atoms with Crippen molar-refractivity contribution in [2.24, 2.45) is 5.73 Å². The molecule has 0 aliphatic heterocycles. The molecule has 3 N–H and O–H groups in total. The molecule has 0 unspecified atom stereocenters. The lowest BCUT2D eigenvalue weighted by Gasteiger charge is -2.37. The number of nitrogens with two attached hydrogens (primary N) is 1. The van der Waals surface area contributed by atoms with Gasteiger partial charge in [0.05, 0.1) is 6.04 Å². The molecular formula is C14H19ClN2O.